The summed E-state index contributed by atoms with van der Waals surface area (Å²) in [5.74, 6) is 0.549. The lowest BCUT2D eigenvalue weighted by atomic mass is 10.1. The minimum absolute atomic E-state index is 0.245. The van der Waals surface area contributed by atoms with Crippen LogP contribution in [0.4, 0.5) is 0 Å². The van der Waals surface area contributed by atoms with Crippen LogP contribution in [0.1, 0.15) is 28.3 Å². The fourth-order valence-electron chi connectivity index (χ4n) is 3.35. The van der Waals surface area contributed by atoms with Crippen LogP contribution >= 0.6 is 0 Å². The number of hydrogen-bond donors (Lipinski definition) is 0. The molecule has 4 nitrogen and oxygen atoms in total. The molecule has 3 aromatic carbocycles. The molecule has 4 rings (SSSR count). The highest BCUT2D eigenvalue weighted by Crippen LogP contribution is 2.35. The molecule has 0 saturated heterocycles. The van der Waals surface area contributed by atoms with Crippen LogP contribution in [0.2, 0.25) is 0 Å². The first kappa shape index (κ1) is 19.3. The molecule has 0 bridgehead atoms. The number of ether oxygens (including phenoxy) is 1. The van der Waals surface area contributed by atoms with E-state index in [4.69, 9.17) is 4.74 Å². The maximum atomic E-state index is 13.5. The van der Waals surface area contributed by atoms with Crippen LogP contribution in [-0.2, 0) is 14.8 Å². The van der Waals surface area contributed by atoms with E-state index in [0.717, 1.165) is 22.3 Å². The second-order valence-corrected chi connectivity index (χ2v) is 9.09. The third kappa shape index (κ3) is 3.91. The molecular formula is C24H23NO3S. The Balaban J connectivity index is 1.81. The molecule has 0 aliphatic carbocycles. The minimum atomic E-state index is -3.75. The summed E-state index contributed by atoms with van der Waals surface area (Å²) >= 11 is 0. The summed E-state index contributed by atoms with van der Waals surface area (Å²) in [6.45, 7) is 4.20. The lowest BCUT2D eigenvalue weighted by Gasteiger charge is -2.35. The average molecular weight is 406 g/mol. The number of sulfonamides is 1. The number of aryl methyl sites for hydroxylation is 2. The van der Waals surface area contributed by atoms with Crippen molar-refractivity contribution in [1.29, 1.82) is 0 Å². The Morgan fingerprint density at radius 1 is 0.828 bits per heavy atom. The van der Waals surface area contributed by atoms with E-state index < -0.39 is 16.1 Å². The molecule has 1 aliphatic heterocycles. The molecule has 0 amide bonds. The van der Waals surface area contributed by atoms with Crippen molar-refractivity contribution in [2.24, 2.45) is 0 Å². The molecule has 0 saturated carbocycles. The highest BCUT2D eigenvalue weighted by Gasteiger charge is 2.34. The molecular weight excluding hydrogens is 382 g/mol. The van der Waals surface area contributed by atoms with E-state index in [1.807, 2.05) is 80.6 Å². The van der Waals surface area contributed by atoms with Gasteiger partial charge in [0.25, 0.3) is 10.0 Å². The molecule has 0 spiro atoms. The fourth-order valence-corrected chi connectivity index (χ4v) is 4.82. The van der Waals surface area contributed by atoms with Gasteiger partial charge in [0, 0.05) is 5.56 Å². The lowest BCUT2D eigenvalue weighted by molar-refractivity contribution is 0.178. The highest BCUT2D eigenvalue weighted by atomic mass is 32.2. The standard InChI is InChI=1S/C24H23NO3S/c1-18-8-12-21(13-9-18)24-16-25(23(17-28-24)20-6-4-3-5-7-20)29(26,27)22-14-10-19(2)11-15-22/h3-16,23H,17H2,1-2H3. The smallest absolute Gasteiger partial charge is 0.264 e. The van der Waals surface area contributed by atoms with Crippen molar-refractivity contribution in [2.45, 2.75) is 24.8 Å². The van der Waals surface area contributed by atoms with Crippen molar-refractivity contribution in [2.75, 3.05) is 6.61 Å². The van der Waals surface area contributed by atoms with E-state index in [-0.39, 0.29) is 11.5 Å². The SMILES string of the molecule is Cc1ccc(C2=CN(S(=O)(=O)c3ccc(C)cc3)C(c3ccccc3)CO2)cc1. The largest absolute Gasteiger partial charge is 0.489 e. The quantitative estimate of drug-likeness (QED) is 0.609. The molecule has 148 valence electrons. The molecule has 0 fully saturated rings. The van der Waals surface area contributed by atoms with Crippen LogP contribution in [0.15, 0.2) is 90.0 Å². The van der Waals surface area contributed by atoms with Gasteiger partial charge in [-0.15, -0.1) is 0 Å². The Morgan fingerprint density at radius 2 is 1.41 bits per heavy atom. The molecule has 0 radical (unpaired) electrons. The van der Waals surface area contributed by atoms with Crippen molar-refractivity contribution in [3.8, 4) is 0 Å². The first-order valence-electron chi connectivity index (χ1n) is 9.52. The Labute approximate surface area is 172 Å². The molecule has 1 heterocycles. The second kappa shape index (κ2) is 7.76. The van der Waals surface area contributed by atoms with E-state index in [2.05, 4.69) is 0 Å². The van der Waals surface area contributed by atoms with Crippen LogP contribution in [0, 0.1) is 13.8 Å². The van der Waals surface area contributed by atoms with Gasteiger partial charge in [-0.2, -0.15) is 0 Å². The van der Waals surface area contributed by atoms with Crippen molar-refractivity contribution in [1.82, 2.24) is 4.31 Å². The van der Waals surface area contributed by atoms with Gasteiger partial charge in [-0.05, 0) is 31.5 Å². The fraction of sp³-hybridized carbons (Fsp3) is 0.167. The van der Waals surface area contributed by atoms with Gasteiger partial charge < -0.3 is 4.74 Å². The first-order chi connectivity index (χ1) is 13.9. The van der Waals surface area contributed by atoms with Crippen LogP contribution in [0.3, 0.4) is 0 Å². The predicted octanol–water partition coefficient (Wildman–Crippen LogP) is 5.06. The van der Waals surface area contributed by atoms with Crippen molar-refractivity contribution >= 4 is 15.8 Å². The van der Waals surface area contributed by atoms with Crippen molar-refractivity contribution in [3.63, 3.8) is 0 Å². The normalized spacial score (nSPS) is 16.8. The molecule has 1 unspecified atom stereocenters. The topological polar surface area (TPSA) is 46.6 Å². The zero-order valence-corrected chi connectivity index (χ0v) is 17.3. The van der Waals surface area contributed by atoms with E-state index in [9.17, 15) is 8.42 Å². The van der Waals surface area contributed by atoms with Gasteiger partial charge in [0.05, 0.1) is 11.1 Å². The lowest BCUT2D eigenvalue weighted by Crippen LogP contribution is -2.36. The summed E-state index contributed by atoms with van der Waals surface area (Å²) in [7, 11) is -3.75. The molecule has 3 aromatic rings. The molecule has 1 atom stereocenters. The summed E-state index contributed by atoms with van der Waals surface area (Å²) in [6, 6.07) is 24.0. The second-order valence-electron chi connectivity index (χ2n) is 7.24. The minimum Gasteiger partial charge on any atom is -0.489 e. The summed E-state index contributed by atoms with van der Waals surface area (Å²) in [6.07, 6.45) is 1.61. The molecule has 0 N–H and O–H groups in total. The monoisotopic (exact) mass is 405 g/mol. The van der Waals surface area contributed by atoms with Crippen LogP contribution in [0.25, 0.3) is 5.76 Å². The van der Waals surface area contributed by atoms with Crippen LogP contribution in [-0.4, -0.2) is 19.3 Å². The first-order valence-corrected chi connectivity index (χ1v) is 11.0. The summed E-state index contributed by atoms with van der Waals surface area (Å²) < 4.78 is 34.5. The van der Waals surface area contributed by atoms with Gasteiger partial charge in [-0.3, -0.25) is 4.31 Å². The number of benzene rings is 3. The maximum Gasteiger partial charge on any atom is 0.264 e. The Bertz CT molecular complexity index is 1120. The molecule has 0 aromatic heterocycles. The average Bonchev–Trinajstić information content (AvgIpc) is 2.75. The predicted molar refractivity (Wildman–Crippen MR) is 114 cm³/mol. The van der Waals surface area contributed by atoms with E-state index in [1.54, 1.807) is 18.3 Å². The Kier molecular flexibility index (Phi) is 5.16. The van der Waals surface area contributed by atoms with Crippen molar-refractivity contribution in [3.05, 3.63) is 107 Å². The molecule has 5 heteroatoms. The van der Waals surface area contributed by atoms with E-state index in [1.165, 1.54) is 4.31 Å². The van der Waals surface area contributed by atoms with Gasteiger partial charge in [0.2, 0.25) is 0 Å². The summed E-state index contributed by atoms with van der Waals surface area (Å²) in [4.78, 5) is 0.269. The zero-order valence-electron chi connectivity index (χ0n) is 16.4. The van der Waals surface area contributed by atoms with Gasteiger partial charge in [0.1, 0.15) is 18.4 Å². The van der Waals surface area contributed by atoms with Crippen LogP contribution < -0.4 is 0 Å². The molecule has 1 aliphatic rings. The number of rotatable bonds is 4. The Morgan fingerprint density at radius 3 is 2.03 bits per heavy atom. The van der Waals surface area contributed by atoms with Gasteiger partial charge in [-0.25, -0.2) is 8.42 Å². The van der Waals surface area contributed by atoms with Gasteiger partial charge >= 0.3 is 0 Å². The molecule has 29 heavy (non-hydrogen) atoms. The maximum absolute atomic E-state index is 13.5. The van der Waals surface area contributed by atoms with Crippen LogP contribution in [0.5, 0.6) is 0 Å². The van der Waals surface area contributed by atoms with E-state index >= 15 is 0 Å². The van der Waals surface area contributed by atoms with E-state index in [0.29, 0.717) is 5.76 Å². The van der Waals surface area contributed by atoms with Gasteiger partial charge in [-0.1, -0.05) is 77.9 Å². The number of nitrogens with zero attached hydrogens (tertiary/aromatic N) is 1. The van der Waals surface area contributed by atoms with Crippen molar-refractivity contribution < 1.29 is 13.2 Å². The zero-order chi connectivity index (χ0) is 20.4. The highest BCUT2D eigenvalue weighted by molar-refractivity contribution is 7.89. The summed E-state index contributed by atoms with van der Waals surface area (Å²) in [5, 5.41) is 0. The summed E-state index contributed by atoms with van der Waals surface area (Å²) in [5.41, 5.74) is 3.89. The Hall–Kier alpha value is -3.05. The number of hydrogen-bond acceptors (Lipinski definition) is 3. The third-order valence-electron chi connectivity index (χ3n) is 5.07. The van der Waals surface area contributed by atoms with Gasteiger partial charge in [0.15, 0.2) is 0 Å². The third-order valence-corrected chi connectivity index (χ3v) is 6.85.